The van der Waals surface area contributed by atoms with Crippen molar-refractivity contribution in [1.29, 1.82) is 0 Å². The van der Waals surface area contributed by atoms with Gasteiger partial charge in [-0.3, -0.25) is 4.79 Å². The lowest BCUT2D eigenvalue weighted by molar-refractivity contribution is -0.121. The van der Waals surface area contributed by atoms with Gasteiger partial charge in [-0.05, 0) is 35.0 Å². The van der Waals surface area contributed by atoms with Crippen LogP contribution in [0.5, 0.6) is 5.75 Å². The standard InChI is InChI=1S/C12H16BrNO2/c1-3-12(15)14-8-9(2)16-11-7-5-4-6-10(11)13/h4-7,9H,3,8H2,1-2H3,(H,14,15)/t9-/m1/s1. The molecule has 0 fully saturated rings. The van der Waals surface area contributed by atoms with Crippen LogP contribution < -0.4 is 10.1 Å². The van der Waals surface area contributed by atoms with Gasteiger partial charge < -0.3 is 10.1 Å². The van der Waals surface area contributed by atoms with E-state index < -0.39 is 0 Å². The van der Waals surface area contributed by atoms with E-state index in [1.807, 2.05) is 38.1 Å². The van der Waals surface area contributed by atoms with Gasteiger partial charge in [0.05, 0.1) is 11.0 Å². The predicted octanol–water partition coefficient (Wildman–Crippen LogP) is 2.74. The summed E-state index contributed by atoms with van der Waals surface area (Å²) in [6, 6.07) is 7.66. The van der Waals surface area contributed by atoms with E-state index in [1.165, 1.54) is 0 Å². The number of carbonyl (C=O) groups is 1. The Labute approximate surface area is 104 Å². The molecule has 0 aliphatic carbocycles. The van der Waals surface area contributed by atoms with E-state index in [0.717, 1.165) is 10.2 Å². The molecule has 0 radical (unpaired) electrons. The van der Waals surface area contributed by atoms with Gasteiger partial charge in [-0.15, -0.1) is 0 Å². The lowest BCUT2D eigenvalue weighted by Gasteiger charge is -2.16. The fraction of sp³-hybridized carbons (Fsp3) is 0.417. The number of para-hydroxylation sites is 1. The molecule has 1 N–H and O–H groups in total. The lowest BCUT2D eigenvalue weighted by Crippen LogP contribution is -2.33. The molecule has 0 saturated carbocycles. The Kier molecular flexibility index (Phi) is 5.32. The van der Waals surface area contributed by atoms with Gasteiger partial charge in [0.2, 0.25) is 5.91 Å². The molecule has 0 aromatic heterocycles. The maximum atomic E-state index is 11.1. The van der Waals surface area contributed by atoms with Crippen molar-refractivity contribution in [2.45, 2.75) is 26.4 Å². The molecule has 0 aliphatic heterocycles. The second kappa shape index (κ2) is 6.53. The number of hydrogen-bond donors (Lipinski definition) is 1. The number of amides is 1. The maximum absolute atomic E-state index is 11.1. The van der Waals surface area contributed by atoms with E-state index in [0.29, 0.717) is 13.0 Å². The molecule has 1 aromatic carbocycles. The van der Waals surface area contributed by atoms with Crippen molar-refractivity contribution in [3.63, 3.8) is 0 Å². The smallest absolute Gasteiger partial charge is 0.219 e. The highest BCUT2D eigenvalue weighted by Crippen LogP contribution is 2.24. The van der Waals surface area contributed by atoms with Crippen molar-refractivity contribution < 1.29 is 9.53 Å². The monoisotopic (exact) mass is 285 g/mol. The molecule has 1 amide bonds. The summed E-state index contributed by atoms with van der Waals surface area (Å²) in [5.41, 5.74) is 0. The summed E-state index contributed by atoms with van der Waals surface area (Å²) in [5, 5.41) is 2.79. The van der Waals surface area contributed by atoms with E-state index in [1.54, 1.807) is 0 Å². The number of halogens is 1. The van der Waals surface area contributed by atoms with Crippen molar-refractivity contribution in [2.75, 3.05) is 6.54 Å². The third-order valence-electron chi connectivity index (χ3n) is 2.07. The van der Waals surface area contributed by atoms with Crippen LogP contribution in [0, 0.1) is 0 Å². The SMILES string of the molecule is CCC(=O)NC[C@@H](C)Oc1ccccc1Br. The summed E-state index contributed by atoms with van der Waals surface area (Å²) < 4.78 is 6.60. The van der Waals surface area contributed by atoms with Crippen LogP contribution in [-0.2, 0) is 4.79 Å². The van der Waals surface area contributed by atoms with E-state index in [4.69, 9.17) is 4.74 Å². The predicted molar refractivity (Wildman–Crippen MR) is 67.5 cm³/mol. The Morgan fingerprint density at radius 3 is 2.81 bits per heavy atom. The van der Waals surface area contributed by atoms with Crippen molar-refractivity contribution >= 4 is 21.8 Å². The molecule has 4 heteroatoms. The molecule has 1 atom stereocenters. The van der Waals surface area contributed by atoms with Crippen molar-refractivity contribution in [2.24, 2.45) is 0 Å². The fourth-order valence-corrected chi connectivity index (χ4v) is 1.56. The maximum Gasteiger partial charge on any atom is 0.219 e. The molecule has 0 saturated heterocycles. The largest absolute Gasteiger partial charge is 0.488 e. The van der Waals surface area contributed by atoms with E-state index in [-0.39, 0.29) is 12.0 Å². The zero-order valence-electron chi connectivity index (χ0n) is 9.50. The molecule has 0 aliphatic rings. The molecule has 0 unspecified atom stereocenters. The van der Waals surface area contributed by atoms with Gasteiger partial charge in [-0.1, -0.05) is 19.1 Å². The van der Waals surface area contributed by atoms with Gasteiger partial charge >= 0.3 is 0 Å². The Morgan fingerprint density at radius 1 is 1.50 bits per heavy atom. The normalized spacial score (nSPS) is 11.9. The highest BCUT2D eigenvalue weighted by molar-refractivity contribution is 9.10. The van der Waals surface area contributed by atoms with Crippen LogP contribution in [0.15, 0.2) is 28.7 Å². The first-order valence-corrected chi connectivity index (χ1v) is 6.10. The van der Waals surface area contributed by atoms with Crippen LogP contribution >= 0.6 is 15.9 Å². The minimum absolute atomic E-state index is 0.0441. The highest BCUT2D eigenvalue weighted by atomic mass is 79.9. The average molecular weight is 286 g/mol. The number of rotatable bonds is 5. The van der Waals surface area contributed by atoms with Gasteiger partial charge in [0.25, 0.3) is 0 Å². The molecule has 1 aromatic rings. The van der Waals surface area contributed by atoms with E-state index in [2.05, 4.69) is 21.2 Å². The van der Waals surface area contributed by atoms with Gasteiger partial charge in [0, 0.05) is 6.42 Å². The first-order chi connectivity index (χ1) is 7.63. The Balaban J connectivity index is 2.43. The van der Waals surface area contributed by atoms with Crippen LogP contribution in [0.1, 0.15) is 20.3 Å². The van der Waals surface area contributed by atoms with E-state index >= 15 is 0 Å². The van der Waals surface area contributed by atoms with Crippen LogP contribution in [0.3, 0.4) is 0 Å². The molecular formula is C12H16BrNO2. The molecular weight excluding hydrogens is 270 g/mol. The molecule has 3 nitrogen and oxygen atoms in total. The van der Waals surface area contributed by atoms with Gasteiger partial charge in [0.15, 0.2) is 0 Å². The van der Waals surface area contributed by atoms with E-state index in [9.17, 15) is 4.79 Å². The van der Waals surface area contributed by atoms with Crippen molar-refractivity contribution in [3.05, 3.63) is 28.7 Å². The first kappa shape index (κ1) is 13.0. The summed E-state index contributed by atoms with van der Waals surface area (Å²) in [4.78, 5) is 11.1. The number of nitrogens with one attached hydrogen (secondary N) is 1. The Morgan fingerprint density at radius 2 is 2.19 bits per heavy atom. The number of hydrogen-bond acceptors (Lipinski definition) is 2. The number of ether oxygens (including phenoxy) is 1. The van der Waals surface area contributed by atoms with Gasteiger partial charge in [0.1, 0.15) is 11.9 Å². The second-order valence-corrected chi connectivity index (χ2v) is 4.37. The van der Waals surface area contributed by atoms with Crippen LogP contribution in [-0.4, -0.2) is 18.6 Å². The molecule has 16 heavy (non-hydrogen) atoms. The van der Waals surface area contributed by atoms with Gasteiger partial charge in [-0.25, -0.2) is 0 Å². The van der Waals surface area contributed by atoms with Gasteiger partial charge in [-0.2, -0.15) is 0 Å². The Hall–Kier alpha value is -1.03. The molecule has 0 spiro atoms. The van der Waals surface area contributed by atoms with Crippen molar-refractivity contribution in [3.8, 4) is 5.75 Å². The van der Waals surface area contributed by atoms with Crippen LogP contribution in [0.4, 0.5) is 0 Å². The summed E-state index contributed by atoms with van der Waals surface area (Å²) >= 11 is 3.41. The average Bonchev–Trinajstić information content (AvgIpc) is 2.29. The lowest BCUT2D eigenvalue weighted by atomic mass is 10.3. The van der Waals surface area contributed by atoms with Crippen LogP contribution in [0.25, 0.3) is 0 Å². The van der Waals surface area contributed by atoms with Crippen LogP contribution in [0.2, 0.25) is 0 Å². The topological polar surface area (TPSA) is 38.3 Å². The quantitative estimate of drug-likeness (QED) is 0.903. The summed E-state index contributed by atoms with van der Waals surface area (Å²) in [6.45, 7) is 4.28. The third-order valence-corrected chi connectivity index (χ3v) is 2.73. The summed E-state index contributed by atoms with van der Waals surface area (Å²) in [5.74, 6) is 0.836. The fourth-order valence-electron chi connectivity index (χ4n) is 1.18. The second-order valence-electron chi connectivity index (χ2n) is 3.52. The Bertz CT molecular complexity index is 355. The minimum Gasteiger partial charge on any atom is -0.488 e. The third kappa shape index (κ3) is 4.23. The molecule has 88 valence electrons. The zero-order chi connectivity index (χ0) is 12.0. The molecule has 1 rings (SSSR count). The minimum atomic E-state index is -0.0470. The highest BCUT2D eigenvalue weighted by Gasteiger charge is 2.07. The summed E-state index contributed by atoms with van der Waals surface area (Å²) in [7, 11) is 0. The molecule has 0 heterocycles. The molecule has 0 bridgehead atoms. The zero-order valence-corrected chi connectivity index (χ0v) is 11.1. The van der Waals surface area contributed by atoms with Crippen molar-refractivity contribution in [1.82, 2.24) is 5.32 Å². The summed E-state index contributed by atoms with van der Waals surface area (Å²) in [6.07, 6.45) is 0.455. The number of benzene rings is 1. The number of carbonyl (C=O) groups excluding carboxylic acids is 1. The first-order valence-electron chi connectivity index (χ1n) is 5.31.